The monoisotopic (exact) mass is 314 g/mol. The van der Waals surface area contributed by atoms with E-state index in [1.807, 2.05) is 12.1 Å². The number of nitrogens with one attached hydrogen (secondary N) is 1. The summed E-state index contributed by atoms with van der Waals surface area (Å²) in [7, 11) is 0. The van der Waals surface area contributed by atoms with Crippen molar-refractivity contribution < 1.29 is 9.53 Å². The Labute approximate surface area is 138 Å². The van der Waals surface area contributed by atoms with Crippen LogP contribution in [0.4, 0.5) is 0 Å². The van der Waals surface area contributed by atoms with E-state index in [0.717, 1.165) is 31.6 Å². The molecule has 23 heavy (non-hydrogen) atoms. The molecule has 3 aliphatic rings. The predicted octanol–water partition coefficient (Wildman–Crippen LogP) is 2.58. The average Bonchev–Trinajstić information content (AvgIpc) is 2.95. The second-order valence-electron chi connectivity index (χ2n) is 7.21. The highest BCUT2D eigenvalue weighted by atomic mass is 16.5. The molecule has 4 heteroatoms. The number of hydrogen-bond acceptors (Lipinski definition) is 3. The maximum atomic E-state index is 12.4. The normalized spacial score (nSPS) is 30.5. The molecule has 1 saturated carbocycles. The highest BCUT2D eigenvalue weighted by molar-refractivity contribution is 5.94. The molecule has 1 aliphatic carbocycles. The second kappa shape index (κ2) is 6.62. The van der Waals surface area contributed by atoms with Gasteiger partial charge in [-0.2, -0.15) is 0 Å². The zero-order chi connectivity index (χ0) is 15.6. The molecule has 124 valence electrons. The number of nitrogens with zero attached hydrogens (tertiary/aromatic N) is 1. The summed E-state index contributed by atoms with van der Waals surface area (Å²) in [6.07, 6.45) is 6.45. The Morgan fingerprint density at radius 2 is 1.96 bits per heavy atom. The van der Waals surface area contributed by atoms with Crippen LogP contribution in [-0.2, 0) is 11.3 Å². The van der Waals surface area contributed by atoms with Crippen molar-refractivity contribution in [1.29, 1.82) is 0 Å². The molecule has 0 radical (unpaired) electrons. The van der Waals surface area contributed by atoms with Crippen molar-refractivity contribution in [1.82, 2.24) is 10.2 Å². The van der Waals surface area contributed by atoms with Crippen LogP contribution in [0.1, 0.15) is 48.0 Å². The van der Waals surface area contributed by atoms with Gasteiger partial charge in [-0.05, 0) is 56.5 Å². The lowest BCUT2D eigenvalue weighted by Crippen LogP contribution is -2.53. The van der Waals surface area contributed by atoms with Crippen molar-refractivity contribution in [3.05, 3.63) is 35.4 Å². The highest BCUT2D eigenvalue weighted by Crippen LogP contribution is 2.38. The van der Waals surface area contributed by atoms with Crippen molar-refractivity contribution in [2.45, 2.75) is 50.8 Å². The van der Waals surface area contributed by atoms with E-state index in [9.17, 15) is 4.79 Å². The Morgan fingerprint density at radius 1 is 1.17 bits per heavy atom. The molecule has 0 spiro atoms. The van der Waals surface area contributed by atoms with E-state index >= 15 is 0 Å². The maximum Gasteiger partial charge on any atom is 0.251 e. The van der Waals surface area contributed by atoms with Gasteiger partial charge in [0.25, 0.3) is 5.91 Å². The van der Waals surface area contributed by atoms with Crippen LogP contribution >= 0.6 is 0 Å². The van der Waals surface area contributed by atoms with Crippen LogP contribution in [-0.4, -0.2) is 42.6 Å². The molecule has 0 unspecified atom stereocenters. The summed E-state index contributed by atoms with van der Waals surface area (Å²) < 4.78 is 5.60. The quantitative estimate of drug-likeness (QED) is 0.929. The molecule has 1 aromatic rings. The smallest absolute Gasteiger partial charge is 0.251 e. The minimum atomic E-state index is 0.0601. The number of ether oxygens (including phenoxy) is 1. The summed E-state index contributed by atoms with van der Waals surface area (Å²) in [5.41, 5.74) is 2.08. The zero-order valence-corrected chi connectivity index (χ0v) is 13.7. The molecule has 4 nitrogen and oxygen atoms in total. The van der Waals surface area contributed by atoms with E-state index in [1.165, 1.54) is 37.9 Å². The molecule has 1 aromatic carbocycles. The van der Waals surface area contributed by atoms with Gasteiger partial charge in [0.2, 0.25) is 0 Å². The zero-order valence-electron chi connectivity index (χ0n) is 13.7. The number of piperidine rings is 1. The Hall–Kier alpha value is -1.39. The summed E-state index contributed by atoms with van der Waals surface area (Å²) in [5, 5.41) is 3.18. The van der Waals surface area contributed by atoms with Crippen molar-refractivity contribution in [2.24, 2.45) is 5.92 Å². The Bertz CT molecular complexity index is 551. The summed E-state index contributed by atoms with van der Waals surface area (Å²) in [4.78, 5) is 14.9. The first kappa shape index (κ1) is 15.2. The van der Waals surface area contributed by atoms with E-state index in [1.54, 1.807) is 0 Å². The molecule has 2 saturated heterocycles. The highest BCUT2D eigenvalue weighted by Gasteiger charge is 2.45. The van der Waals surface area contributed by atoms with Crippen LogP contribution in [0.15, 0.2) is 24.3 Å². The second-order valence-corrected chi connectivity index (χ2v) is 7.21. The molecular formula is C19H26N2O2. The third kappa shape index (κ3) is 3.29. The molecule has 3 fully saturated rings. The van der Waals surface area contributed by atoms with Gasteiger partial charge in [-0.25, -0.2) is 0 Å². The van der Waals surface area contributed by atoms with Gasteiger partial charge in [0.1, 0.15) is 0 Å². The van der Waals surface area contributed by atoms with Crippen LogP contribution in [0.3, 0.4) is 0 Å². The first-order valence-corrected chi connectivity index (χ1v) is 9.03. The van der Waals surface area contributed by atoms with Crippen LogP contribution in [0.5, 0.6) is 0 Å². The third-order valence-corrected chi connectivity index (χ3v) is 5.65. The predicted molar refractivity (Wildman–Crippen MR) is 89.3 cm³/mol. The minimum Gasteiger partial charge on any atom is -0.378 e. The van der Waals surface area contributed by atoms with Gasteiger partial charge in [0.05, 0.1) is 6.10 Å². The topological polar surface area (TPSA) is 41.6 Å². The van der Waals surface area contributed by atoms with E-state index < -0.39 is 0 Å². The molecule has 1 N–H and O–H groups in total. The van der Waals surface area contributed by atoms with Gasteiger partial charge in [-0.1, -0.05) is 18.6 Å². The van der Waals surface area contributed by atoms with Crippen LogP contribution < -0.4 is 5.32 Å². The van der Waals surface area contributed by atoms with Crippen molar-refractivity contribution in [3.63, 3.8) is 0 Å². The molecule has 3 atom stereocenters. The number of amides is 1. The number of likely N-dealkylation sites (tertiary alicyclic amines) is 1. The Morgan fingerprint density at radius 3 is 2.70 bits per heavy atom. The summed E-state index contributed by atoms with van der Waals surface area (Å²) in [5.74, 6) is 0.599. The van der Waals surface area contributed by atoms with E-state index in [2.05, 4.69) is 22.3 Å². The van der Waals surface area contributed by atoms with Crippen molar-refractivity contribution in [3.8, 4) is 0 Å². The van der Waals surface area contributed by atoms with E-state index in [-0.39, 0.29) is 5.91 Å². The number of benzene rings is 1. The first-order chi connectivity index (χ1) is 11.3. The van der Waals surface area contributed by atoms with Gasteiger partial charge >= 0.3 is 0 Å². The fourth-order valence-electron chi connectivity index (χ4n) is 4.15. The first-order valence-electron chi connectivity index (χ1n) is 9.03. The molecule has 2 aliphatic heterocycles. The number of fused-ring (bicyclic) bond motifs is 1. The lowest BCUT2D eigenvalue weighted by molar-refractivity contribution is 0.00810. The molecule has 0 bridgehead atoms. The van der Waals surface area contributed by atoms with Gasteiger partial charge in [-0.3, -0.25) is 9.69 Å². The van der Waals surface area contributed by atoms with Crippen molar-refractivity contribution in [2.75, 3.05) is 19.7 Å². The number of hydrogen-bond donors (Lipinski definition) is 1. The lowest BCUT2D eigenvalue weighted by atomic mass is 9.76. The van der Waals surface area contributed by atoms with E-state index in [0.29, 0.717) is 18.1 Å². The van der Waals surface area contributed by atoms with Crippen LogP contribution in [0, 0.1) is 5.92 Å². The SMILES string of the molecule is O=C(N[C@@H]1C[C@H]2OCC[C@@H]12)c1ccc(CN2CCCCC2)cc1. The van der Waals surface area contributed by atoms with Crippen LogP contribution in [0.2, 0.25) is 0 Å². The Balaban J connectivity index is 1.31. The lowest BCUT2D eigenvalue weighted by Gasteiger charge is -2.39. The number of rotatable bonds is 4. The molecular weight excluding hydrogens is 288 g/mol. The number of carbonyl (C=O) groups excluding carboxylic acids is 1. The van der Waals surface area contributed by atoms with Crippen LogP contribution in [0.25, 0.3) is 0 Å². The largest absolute Gasteiger partial charge is 0.378 e. The van der Waals surface area contributed by atoms with Gasteiger partial charge in [-0.15, -0.1) is 0 Å². The molecule has 1 amide bonds. The number of carbonyl (C=O) groups is 1. The average molecular weight is 314 g/mol. The maximum absolute atomic E-state index is 12.4. The summed E-state index contributed by atoms with van der Waals surface area (Å²) >= 11 is 0. The molecule has 4 rings (SSSR count). The molecule has 2 heterocycles. The van der Waals surface area contributed by atoms with Gasteiger partial charge < -0.3 is 10.1 Å². The third-order valence-electron chi connectivity index (χ3n) is 5.65. The fourth-order valence-corrected chi connectivity index (χ4v) is 4.15. The summed E-state index contributed by atoms with van der Waals surface area (Å²) in [6, 6.07) is 8.45. The van der Waals surface area contributed by atoms with E-state index in [4.69, 9.17) is 4.74 Å². The van der Waals surface area contributed by atoms with Gasteiger partial charge in [0, 0.05) is 30.7 Å². The standard InChI is InChI=1S/C19H26N2O2/c22-19(20-17-12-18-16(17)8-11-23-18)15-6-4-14(5-7-15)13-21-9-2-1-3-10-21/h4-7,16-18H,1-3,8-13H2,(H,20,22)/t16-,17+,18+/m0/s1. The summed E-state index contributed by atoms with van der Waals surface area (Å²) in [6.45, 7) is 4.27. The van der Waals surface area contributed by atoms with Gasteiger partial charge in [0.15, 0.2) is 0 Å². The minimum absolute atomic E-state index is 0.0601. The molecule has 0 aromatic heterocycles. The van der Waals surface area contributed by atoms with Crippen molar-refractivity contribution >= 4 is 5.91 Å². The Kier molecular flexibility index (Phi) is 4.36. The fraction of sp³-hybridized carbons (Fsp3) is 0.632.